The Morgan fingerprint density at radius 2 is 2.39 bits per heavy atom. The highest BCUT2D eigenvalue weighted by atomic mass is 35.5. The summed E-state index contributed by atoms with van der Waals surface area (Å²) >= 11 is 0. The molecule has 6 heteroatoms. The minimum Gasteiger partial charge on any atom is -0.356 e. The van der Waals surface area contributed by atoms with Crippen molar-refractivity contribution in [3.63, 3.8) is 0 Å². The number of nitrogens with one attached hydrogen (secondary N) is 1. The van der Waals surface area contributed by atoms with Crippen molar-refractivity contribution in [1.29, 1.82) is 0 Å². The molecule has 2 atom stereocenters. The maximum atomic E-state index is 11.8. The zero-order valence-corrected chi connectivity index (χ0v) is 11.4. The van der Waals surface area contributed by atoms with E-state index in [1.54, 1.807) is 4.68 Å². The smallest absolute Gasteiger partial charge is 0.223 e. The van der Waals surface area contributed by atoms with Gasteiger partial charge in [0, 0.05) is 31.7 Å². The van der Waals surface area contributed by atoms with Gasteiger partial charge >= 0.3 is 0 Å². The van der Waals surface area contributed by atoms with Crippen molar-refractivity contribution in [2.75, 3.05) is 6.54 Å². The molecule has 1 aliphatic carbocycles. The highest BCUT2D eigenvalue weighted by molar-refractivity contribution is 5.85. The highest BCUT2D eigenvalue weighted by Gasteiger charge is 2.27. The van der Waals surface area contributed by atoms with Gasteiger partial charge in [0.2, 0.25) is 5.91 Å². The van der Waals surface area contributed by atoms with Gasteiger partial charge in [-0.1, -0.05) is 0 Å². The molecule has 2 unspecified atom stereocenters. The van der Waals surface area contributed by atoms with E-state index in [0.29, 0.717) is 6.54 Å². The maximum Gasteiger partial charge on any atom is 0.223 e. The first-order valence-electron chi connectivity index (χ1n) is 6.16. The molecule has 1 heterocycles. The summed E-state index contributed by atoms with van der Waals surface area (Å²) in [6.45, 7) is 0.677. The normalized spacial score (nSPS) is 22.6. The van der Waals surface area contributed by atoms with Crippen LogP contribution < -0.4 is 11.1 Å². The first-order chi connectivity index (χ1) is 8.15. The van der Waals surface area contributed by atoms with E-state index in [1.165, 1.54) is 0 Å². The van der Waals surface area contributed by atoms with Crippen molar-refractivity contribution in [3.8, 4) is 0 Å². The van der Waals surface area contributed by atoms with E-state index in [2.05, 4.69) is 10.4 Å². The molecule has 18 heavy (non-hydrogen) atoms. The van der Waals surface area contributed by atoms with E-state index in [4.69, 9.17) is 5.73 Å². The number of carbonyl (C=O) groups is 1. The fraction of sp³-hybridized carbons (Fsp3) is 0.667. The van der Waals surface area contributed by atoms with Gasteiger partial charge in [0.25, 0.3) is 0 Å². The average Bonchev–Trinajstić information content (AvgIpc) is 2.88. The summed E-state index contributed by atoms with van der Waals surface area (Å²) in [5.74, 6) is 0.278. The second-order valence-corrected chi connectivity index (χ2v) is 4.83. The first-order valence-corrected chi connectivity index (χ1v) is 6.16. The van der Waals surface area contributed by atoms with Gasteiger partial charge in [-0.2, -0.15) is 5.10 Å². The van der Waals surface area contributed by atoms with Crippen LogP contribution in [0.25, 0.3) is 0 Å². The molecule has 102 valence electrons. The maximum absolute atomic E-state index is 11.8. The van der Waals surface area contributed by atoms with Gasteiger partial charge in [-0.15, -0.1) is 12.4 Å². The predicted molar refractivity (Wildman–Crippen MR) is 72.5 cm³/mol. The summed E-state index contributed by atoms with van der Waals surface area (Å²) < 4.78 is 1.77. The molecule has 2 rings (SSSR count). The summed E-state index contributed by atoms with van der Waals surface area (Å²) in [5, 5.41) is 7.06. The Morgan fingerprint density at radius 3 is 2.94 bits per heavy atom. The molecule has 0 aliphatic heterocycles. The van der Waals surface area contributed by atoms with Crippen LogP contribution in [0.1, 0.15) is 24.8 Å². The number of carbonyl (C=O) groups excluding carboxylic acids is 1. The van der Waals surface area contributed by atoms with Gasteiger partial charge in [0.1, 0.15) is 0 Å². The molecule has 0 spiro atoms. The van der Waals surface area contributed by atoms with E-state index in [1.807, 2.05) is 19.4 Å². The number of hydrogen-bond acceptors (Lipinski definition) is 3. The first kappa shape index (κ1) is 15.0. The topological polar surface area (TPSA) is 72.9 Å². The van der Waals surface area contributed by atoms with Gasteiger partial charge in [-0.05, 0) is 31.2 Å². The molecule has 0 bridgehead atoms. The van der Waals surface area contributed by atoms with Crippen molar-refractivity contribution in [2.45, 2.75) is 31.7 Å². The number of amides is 1. The molecule has 1 fully saturated rings. The number of aromatic nitrogens is 2. The Hall–Kier alpha value is -1.07. The summed E-state index contributed by atoms with van der Waals surface area (Å²) in [6, 6.07) is 0.212. The fourth-order valence-electron chi connectivity index (χ4n) is 2.33. The molecule has 1 saturated carbocycles. The number of hydrogen-bond donors (Lipinski definition) is 2. The van der Waals surface area contributed by atoms with Crippen molar-refractivity contribution in [3.05, 3.63) is 18.0 Å². The molecule has 1 aromatic heterocycles. The van der Waals surface area contributed by atoms with Crippen LogP contribution in [-0.2, 0) is 18.3 Å². The molecule has 1 amide bonds. The lowest BCUT2D eigenvalue weighted by atomic mass is 10.1. The second-order valence-electron chi connectivity index (χ2n) is 4.83. The van der Waals surface area contributed by atoms with E-state index in [0.717, 1.165) is 31.2 Å². The Labute approximate surface area is 114 Å². The van der Waals surface area contributed by atoms with Crippen LogP contribution in [0, 0.1) is 5.92 Å². The molecule has 5 nitrogen and oxygen atoms in total. The van der Waals surface area contributed by atoms with Crippen LogP contribution in [0.5, 0.6) is 0 Å². The minimum atomic E-state index is 0. The van der Waals surface area contributed by atoms with Crippen molar-refractivity contribution in [2.24, 2.45) is 18.7 Å². The number of nitrogens with two attached hydrogens (primary N) is 1. The minimum absolute atomic E-state index is 0. The van der Waals surface area contributed by atoms with Crippen LogP contribution in [0.15, 0.2) is 12.4 Å². The molecular weight excluding hydrogens is 252 g/mol. The van der Waals surface area contributed by atoms with Crippen LogP contribution in [0.2, 0.25) is 0 Å². The number of rotatable bonds is 4. The number of nitrogens with zero attached hydrogens (tertiary/aromatic N) is 2. The lowest BCUT2D eigenvalue weighted by Crippen LogP contribution is -2.31. The third-order valence-electron chi connectivity index (χ3n) is 3.32. The Morgan fingerprint density at radius 1 is 1.61 bits per heavy atom. The lowest BCUT2D eigenvalue weighted by Gasteiger charge is -2.10. The SMILES string of the molecule is Cl.Cn1cc(CCNC(=O)C2CCC(N)C2)cn1. The Bertz CT molecular complexity index is 393. The summed E-state index contributed by atoms with van der Waals surface area (Å²) in [7, 11) is 1.89. The predicted octanol–water partition coefficient (Wildman–Crippen LogP) is 0.628. The van der Waals surface area contributed by atoms with Crippen LogP contribution in [0.4, 0.5) is 0 Å². The zero-order valence-electron chi connectivity index (χ0n) is 10.6. The third kappa shape index (κ3) is 3.99. The molecule has 1 aliphatic rings. The van der Waals surface area contributed by atoms with Gasteiger partial charge < -0.3 is 11.1 Å². The van der Waals surface area contributed by atoms with E-state index < -0.39 is 0 Å². The monoisotopic (exact) mass is 272 g/mol. The highest BCUT2D eigenvalue weighted by Crippen LogP contribution is 2.23. The van der Waals surface area contributed by atoms with Gasteiger partial charge in [0.15, 0.2) is 0 Å². The van der Waals surface area contributed by atoms with Crippen molar-refractivity contribution < 1.29 is 4.79 Å². The molecular formula is C12H21ClN4O. The molecule has 0 radical (unpaired) electrons. The van der Waals surface area contributed by atoms with Gasteiger partial charge in [-0.3, -0.25) is 9.48 Å². The molecule has 0 saturated heterocycles. The van der Waals surface area contributed by atoms with Crippen LogP contribution in [-0.4, -0.2) is 28.3 Å². The summed E-state index contributed by atoms with van der Waals surface area (Å²) in [6.07, 6.45) is 7.37. The second kappa shape index (κ2) is 6.75. The number of aryl methyl sites for hydroxylation is 1. The van der Waals surface area contributed by atoms with Gasteiger partial charge in [-0.25, -0.2) is 0 Å². The van der Waals surface area contributed by atoms with E-state index in [9.17, 15) is 4.79 Å². The summed E-state index contributed by atoms with van der Waals surface area (Å²) in [4.78, 5) is 11.8. The molecule has 3 N–H and O–H groups in total. The average molecular weight is 273 g/mol. The lowest BCUT2D eigenvalue weighted by molar-refractivity contribution is -0.124. The van der Waals surface area contributed by atoms with Crippen LogP contribution in [0.3, 0.4) is 0 Å². The molecule has 1 aromatic rings. The van der Waals surface area contributed by atoms with Gasteiger partial charge in [0.05, 0.1) is 6.20 Å². The zero-order chi connectivity index (χ0) is 12.3. The van der Waals surface area contributed by atoms with E-state index >= 15 is 0 Å². The van der Waals surface area contributed by atoms with Crippen molar-refractivity contribution >= 4 is 18.3 Å². The summed E-state index contributed by atoms with van der Waals surface area (Å²) in [5.41, 5.74) is 6.94. The Balaban J connectivity index is 0.00000162. The van der Waals surface area contributed by atoms with E-state index in [-0.39, 0.29) is 30.3 Å². The molecule has 0 aromatic carbocycles. The largest absolute Gasteiger partial charge is 0.356 e. The standard InChI is InChI=1S/C12H20N4O.ClH/c1-16-8-9(7-15-16)4-5-14-12(17)10-2-3-11(13)6-10;/h7-8,10-11H,2-6,13H2,1H3,(H,14,17);1H. The van der Waals surface area contributed by atoms with Crippen LogP contribution >= 0.6 is 12.4 Å². The number of halogens is 1. The fourth-order valence-corrected chi connectivity index (χ4v) is 2.33. The quantitative estimate of drug-likeness (QED) is 0.844. The van der Waals surface area contributed by atoms with Crippen molar-refractivity contribution in [1.82, 2.24) is 15.1 Å². The Kier molecular flexibility index (Phi) is 5.62. The third-order valence-corrected chi connectivity index (χ3v) is 3.32.